The summed E-state index contributed by atoms with van der Waals surface area (Å²) < 4.78 is 59.3. The van der Waals surface area contributed by atoms with Crippen molar-refractivity contribution >= 4 is 31.5 Å². The third-order valence-corrected chi connectivity index (χ3v) is 8.10. The summed E-state index contributed by atoms with van der Waals surface area (Å²) in [6.45, 7) is 1.98. The quantitative estimate of drug-likeness (QED) is 0.648. The predicted molar refractivity (Wildman–Crippen MR) is 121 cm³/mol. The van der Waals surface area contributed by atoms with E-state index in [0.717, 1.165) is 5.57 Å². The summed E-state index contributed by atoms with van der Waals surface area (Å²) in [6.07, 6.45) is 6.39. The lowest BCUT2D eigenvalue weighted by Gasteiger charge is -2.33. The molecule has 2 atom stereocenters. The van der Waals surface area contributed by atoms with Gasteiger partial charge in [-0.15, -0.1) is 0 Å². The molecule has 0 fully saturated rings. The van der Waals surface area contributed by atoms with E-state index in [1.807, 2.05) is 13.0 Å². The summed E-state index contributed by atoms with van der Waals surface area (Å²) in [5.41, 5.74) is 1.97. The molecule has 0 amide bonds. The van der Waals surface area contributed by atoms with Gasteiger partial charge in [-0.25, -0.2) is 0 Å². The van der Waals surface area contributed by atoms with Crippen molar-refractivity contribution in [1.82, 2.24) is 0 Å². The zero-order chi connectivity index (χ0) is 22.1. The number of sulfonamides is 2. The first-order valence-electron chi connectivity index (χ1n) is 9.90. The highest BCUT2D eigenvalue weighted by Gasteiger charge is 2.35. The summed E-state index contributed by atoms with van der Waals surface area (Å²) in [6, 6.07) is 16.1. The molecule has 0 saturated carbocycles. The Kier molecular flexibility index (Phi) is 5.77. The Morgan fingerprint density at radius 3 is 1.65 bits per heavy atom. The summed E-state index contributed by atoms with van der Waals surface area (Å²) in [7, 11) is -7.73. The third-order valence-electron chi connectivity index (χ3n) is 5.47. The molecule has 0 aromatic heterocycles. The number of benzene rings is 2. The molecule has 0 unspecified atom stereocenters. The molecule has 0 aliphatic heterocycles. The third kappa shape index (κ3) is 4.60. The molecule has 0 N–H and O–H groups in total. The van der Waals surface area contributed by atoms with Gasteiger partial charge in [-0.05, 0) is 56.2 Å². The highest BCUT2D eigenvalue weighted by atomic mass is 32.2. The van der Waals surface area contributed by atoms with Crippen molar-refractivity contribution in [1.29, 1.82) is 0 Å². The largest absolute Gasteiger partial charge is 0.282 e. The maximum atomic E-state index is 12.8. The second-order valence-electron chi connectivity index (χ2n) is 7.65. The Bertz CT molecular complexity index is 1310. The second-order valence-corrected chi connectivity index (χ2v) is 10.9. The van der Waals surface area contributed by atoms with E-state index in [4.69, 9.17) is 0 Å². The Hall–Kier alpha value is -2.84. The Morgan fingerprint density at radius 1 is 0.710 bits per heavy atom. The van der Waals surface area contributed by atoms with E-state index in [9.17, 15) is 16.8 Å². The van der Waals surface area contributed by atoms with Crippen LogP contribution >= 0.6 is 0 Å². The standard InChI is InChI=1S/C23H22N2O4S2/c1-17-12-13-20-21(16-17)23(25-31(28,29)19-10-6-3-7-11-19)15-14-22(20)24-30(26,27)18-8-4-2-5-9-18/h2-12,14-15,20-21H,13,16H2,1H3/b24-22-,25-23-/t20-,21+/m1/s1. The molecule has 2 aromatic carbocycles. The van der Waals surface area contributed by atoms with Crippen molar-refractivity contribution in [2.24, 2.45) is 20.6 Å². The minimum absolute atomic E-state index is 0.126. The summed E-state index contributed by atoms with van der Waals surface area (Å²) in [5.74, 6) is -0.505. The molecule has 160 valence electrons. The molecule has 0 bridgehead atoms. The summed E-state index contributed by atoms with van der Waals surface area (Å²) in [5, 5.41) is 0. The average molecular weight is 455 g/mol. The molecule has 2 aromatic rings. The van der Waals surface area contributed by atoms with Crippen LogP contribution in [0.15, 0.2) is 103 Å². The highest BCUT2D eigenvalue weighted by Crippen LogP contribution is 2.36. The van der Waals surface area contributed by atoms with Crippen molar-refractivity contribution in [3.63, 3.8) is 0 Å². The molecular formula is C23H22N2O4S2. The van der Waals surface area contributed by atoms with Gasteiger partial charge < -0.3 is 0 Å². The second kappa shape index (κ2) is 8.36. The molecule has 4 rings (SSSR count). The van der Waals surface area contributed by atoms with Crippen molar-refractivity contribution in [3.05, 3.63) is 84.5 Å². The van der Waals surface area contributed by atoms with Crippen LogP contribution in [-0.4, -0.2) is 28.3 Å². The molecule has 31 heavy (non-hydrogen) atoms. The van der Waals surface area contributed by atoms with Crippen LogP contribution in [0.2, 0.25) is 0 Å². The minimum atomic E-state index is -3.86. The molecule has 0 heterocycles. The van der Waals surface area contributed by atoms with Gasteiger partial charge in [0.2, 0.25) is 0 Å². The van der Waals surface area contributed by atoms with E-state index >= 15 is 0 Å². The Labute approximate surface area is 182 Å². The zero-order valence-electron chi connectivity index (χ0n) is 16.9. The molecule has 2 aliphatic rings. The molecule has 0 saturated heterocycles. The lowest BCUT2D eigenvalue weighted by Crippen LogP contribution is -2.35. The van der Waals surface area contributed by atoms with E-state index < -0.39 is 20.0 Å². The van der Waals surface area contributed by atoms with Crippen LogP contribution in [0.4, 0.5) is 0 Å². The van der Waals surface area contributed by atoms with Gasteiger partial charge in [0.25, 0.3) is 20.0 Å². The monoisotopic (exact) mass is 454 g/mol. The van der Waals surface area contributed by atoms with Crippen LogP contribution in [0, 0.1) is 11.8 Å². The van der Waals surface area contributed by atoms with Gasteiger partial charge in [0, 0.05) is 11.8 Å². The lowest BCUT2D eigenvalue weighted by molar-refractivity contribution is 0.504. The van der Waals surface area contributed by atoms with Gasteiger partial charge in [-0.1, -0.05) is 48.0 Å². The first-order chi connectivity index (χ1) is 14.8. The average Bonchev–Trinajstić information content (AvgIpc) is 2.76. The van der Waals surface area contributed by atoms with Gasteiger partial charge in [0.15, 0.2) is 0 Å². The van der Waals surface area contributed by atoms with Crippen LogP contribution in [-0.2, 0) is 20.0 Å². The smallest absolute Gasteiger partial charge is 0.199 e. The van der Waals surface area contributed by atoms with Crippen LogP contribution < -0.4 is 0 Å². The number of fused-ring (bicyclic) bond motifs is 1. The maximum Gasteiger partial charge on any atom is 0.282 e. The first-order valence-corrected chi connectivity index (χ1v) is 12.8. The van der Waals surface area contributed by atoms with Crippen molar-refractivity contribution in [3.8, 4) is 0 Å². The predicted octanol–water partition coefficient (Wildman–Crippen LogP) is 4.19. The van der Waals surface area contributed by atoms with Gasteiger partial charge in [0.05, 0.1) is 21.2 Å². The minimum Gasteiger partial charge on any atom is -0.199 e. The molecule has 2 aliphatic carbocycles. The summed E-state index contributed by atoms with van der Waals surface area (Å²) >= 11 is 0. The molecule has 8 heteroatoms. The number of allylic oxidation sites excluding steroid dienone is 4. The number of hydrogen-bond acceptors (Lipinski definition) is 4. The fourth-order valence-electron chi connectivity index (χ4n) is 3.88. The van der Waals surface area contributed by atoms with Crippen molar-refractivity contribution < 1.29 is 16.8 Å². The maximum absolute atomic E-state index is 12.8. The summed E-state index contributed by atoms with van der Waals surface area (Å²) in [4.78, 5) is 0.253. The number of rotatable bonds is 4. The van der Waals surface area contributed by atoms with E-state index in [1.54, 1.807) is 48.6 Å². The van der Waals surface area contributed by atoms with Crippen LogP contribution in [0.25, 0.3) is 0 Å². The number of nitrogens with zero attached hydrogens (tertiary/aromatic N) is 2. The van der Waals surface area contributed by atoms with Crippen LogP contribution in [0.1, 0.15) is 19.8 Å². The zero-order valence-corrected chi connectivity index (χ0v) is 18.6. The highest BCUT2D eigenvalue weighted by molar-refractivity contribution is 7.90. The van der Waals surface area contributed by atoms with E-state index in [-0.39, 0.29) is 21.6 Å². The van der Waals surface area contributed by atoms with E-state index in [0.29, 0.717) is 24.3 Å². The van der Waals surface area contributed by atoms with Gasteiger partial charge in [0.1, 0.15) is 0 Å². The molecule has 6 nitrogen and oxygen atoms in total. The van der Waals surface area contributed by atoms with Crippen LogP contribution in [0.3, 0.4) is 0 Å². The fraction of sp³-hybridized carbons (Fsp3) is 0.217. The first kappa shape index (κ1) is 21.4. The van der Waals surface area contributed by atoms with Gasteiger partial charge in [-0.2, -0.15) is 25.6 Å². The Balaban J connectivity index is 1.77. The van der Waals surface area contributed by atoms with Gasteiger partial charge in [-0.3, -0.25) is 0 Å². The fourth-order valence-corrected chi connectivity index (χ4v) is 6.05. The Morgan fingerprint density at radius 2 is 1.16 bits per heavy atom. The van der Waals surface area contributed by atoms with E-state index in [1.165, 1.54) is 24.3 Å². The topological polar surface area (TPSA) is 93.0 Å². The van der Waals surface area contributed by atoms with E-state index in [2.05, 4.69) is 8.80 Å². The lowest BCUT2D eigenvalue weighted by atomic mass is 9.72. The van der Waals surface area contributed by atoms with Crippen molar-refractivity contribution in [2.75, 3.05) is 0 Å². The number of hydrogen-bond donors (Lipinski definition) is 0. The van der Waals surface area contributed by atoms with Gasteiger partial charge >= 0.3 is 0 Å². The molecule has 0 radical (unpaired) electrons. The normalized spacial score (nSPS) is 24.1. The SMILES string of the molecule is CC1=CC[C@H]2/C(=N\S(=O)(=O)c3ccccc3)C=C/C(=N/S(=O)(=O)c3ccccc3)[C@H]2C1. The van der Waals surface area contributed by atoms with Crippen molar-refractivity contribution in [2.45, 2.75) is 29.6 Å². The molecular weight excluding hydrogens is 432 g/mol. The molecule has 0 spiro atoms. The van der Waals surface area contributed by atoms with Crippen LogP contribution in [0.5, 0.6) is 0 Å².